The quantitative estimate of drug-likeness (QED) is 0.359. The first-order valence-electron chi connectivity index (χ1n) is 9.70. The van der Waals surface area contributed by atoms with Crippen LogP contribution in [0.1, 0.15) is 0 Å². The van der Waals surface area contributed by atoms with E-state index in [4.69, 9.17) is 9.47 Å². The lowest BCUT2D eigenvalue weighted by molar-refractivity contribution is -0.384. The van der Waals surface area contributed by atoms with Crippen molar-refractivity contribution in [3.8, 4) is 11.5 Å². The van der Waals surface area contributed by atoms with Crippen LogP contribution in [0.5, 0.6) is 11.5 Å². The summed E-state index contributed by atoms with van der Waals surface area (Å²) in [5.74, 6) is -0.815. The van der Waals surface area contributed by atoms with Crippen LogP contribution in [0, 0.1) is 15.9 Å². The number of carbonyl (C=O) groups excluding carboxylic acids is 1. The highest BCUT2D eigenvalue weighted by atomic mass is 32.2. The Bertz CT molecular complexity index is 1300. The molecule has 0 bridgehead atoms. The molecule has 0 aliphatic heterocycles. The molecule has 178 valence electrons. The topological polar surface area (TPSA) is 128 Å². The van der Waals surface area contributed by atoms with Crippen molar-refractivity contribution < 1.29 is 32.0 Å². The maximum Gasteiger partial charge on any atom is 0.271 e. The second-order valence-electron chi connectivity index (χ2n) is 6.85. The molecule has 0 atom stereocenters. The van der Waals surface area contributed by atoms with Crippen molar-refractivity contribution in [2.45, 2.75) is 4.90 Å². The largest absolute Gasteiger partial charge is 0.497 e. The Hall–Kier alpha value is -4.19. The van der Waals surface area contributed by atoms with Crippen molar-refractivity contribution in [2.75, 3.05) is 30.4 Å². The summed E-state index contributed by atoms with van der Waals surface area (Å²) in [6.45, 7) is -0.703. The standard InChI is InChI=1S/C22H20FN3O7S/c1-32-18-8-10-19(11-9-18)34(30,31)25(16-5-3-15(23)4-6-16)14-22(27)24-20-13-17(26(28)29)7-12-21(20)33-2/h3-13H,14H2,1-2H3,(H,24,27). The highest BCUT2D eigenvalue weighted by Gasteiger charge is 2.28. The highest BCUT2D eigenvalue weighted by molar-refractivity contribution is 7.92. The number of anilines is 2. The van der Waals surface area contributed by atoms with Gasteiger partial charge in [0.05, 0.1) is 35.4 Å². The van der Waals surface area contributed by atoms with Crippen LogP contribution in [0.2, 0.25) is 0 Å². The van der Waals surface area contributed by atoms with Crippen LogP contribution in [0.3, 0.4) is 0 Å². The molecule has 10 nitrogen and oxygen atoms in total. The predicted molar refractivity (Wildman–Crippen MR) is 122 cm³/mol. The molecule has 0 aromatic heterocycles. The number of non-ortho nitro benzene ring substituents is 1. The summed E-state index contributed by atoms with van der Waals surface area (Å²) < 4.78 is 51.2. The molecular formula is C22H20FN3O7S. The van der Waals surface area contributed by atoms with Crippen LogP contribution >= 0.6 is 0 Å². The first-order valence-corrected chi connectivity index (χ1v) is 11.1. The fraction of sp³-hybridized carbons (Fsp3) is 0.136. The minimum atomic E-state index is -4.26. The Balaban J connectivity index is 1.96. The Morgan fingerprint density at radius 2 is 1.68 bits per heavy atom. The molecule has 0 aliphatic carbocycles. The molecule has 0 radical (unpaired) electrons. The molecule has 12 heteroatoms. The zero-order valence-corrected chi connectivity index (χ0v) is 18.9. The summed E-state index contributed by atoms with van der Waals surface area (Å²) in [4.78, 5) is 23.2. The van der Waals surface area contributed by atoms with E-state index in [2.05, 4.69) is 5.32 Å². The van der Waals surface area contributed by atoms with Gasteiger partial charge >= 0.3 is 0 Å². The van der Waals surface area contributed by atoms with Gasteiger partial charge in [0.25, 0.3) is 15.7 Å². The number of hydrogen-bond acceptors (Lipinski definition) is 7. The van der Waals surface area contributed by atoms with Crippen molar-refractivity contribution >= 4 is 33.0 Å². The summed E-state index contributed by atoms with van der Waals surface area (Å²) in [5, 5.41) is 13.5. The summed E-state index contributed by atoms with van der Waals surface area (Å²) in [6.07, 6.45) is 0. The Morgan fingerprint density at radius 3 is 2.24 bits per heavy atom. The van der Waals surface area contributed by atoms with Gasteiger partial charge in [0.1, 0.15) is 23.9 Å². The van der Waals surface area contributed by atoms with E-state index in [1.807, 2.05) is 0 Å². The van der Waals surface area contributed by atoms with Crippen LogP contribution in [-0.4, -0.2) is 40.0 Å². The summed E-state index contributed by atoms with van der Waals surface area (Å²) in [5.41, 5.74) is -0.265. The van der Waals surface area contributed by atoms with E-state index in [9.17, 15) is 27.7 Å². The van der Waals surface area contributed by atoms with Gasteiger partial charge in [-0.1, -0.05) is 0 Å². The maximum absolute atomic E-state index is 13.5. The van der Waals surface area contributed by atoms with Crippen molar-refractivity contribution in [3.63, 3.8) is 0 Å². The minimum absolute atomic E-state index is 0.0115. The number of nitrogens with zero attached hydrogens (tertiary/aromatic N) is 2. The van der Waals surface area contributed by atoms with E-state index < -0.39 is 33.2 Å². The second kappa shape index (κ2) is 10.2. The number of nitrogens with one attached hydrogen (secondary N) is 1. The molecule has 0 saturated heterocycles. The van der Waals surface area contributed by atoms with E-state index in [0.29, 0.717) is 5.75 Å². The van der Waals surface area contributed by atoms with Crippen LogP contribution in [0.4, 0.5) is 21.5 Å². The number of carbonyl (C=O) groups is 1. The van der Waals surface area contributed by atoms with Crippen LogP contribution in [0.25, 0.3) is 0 Å². The molecule has 0 heterocycles. The molecule has 0 spiro atoms. The molecule has 0 fully saturated rings. The van der Waals surface area contributed by atoms with Gasteiger partial charge in [-0.15, -0.1) is 0 Å². The molecule has 1 N–H and O–H groups in total. The molecule has 0 unspecified atom stereocenters. The van der Waals surface area contributed by atoms with E-state index in [0.717, 1.165) is 22.5 Å². The minimum Gasteiger partial charge on any atom is -0.497 e. The van der Waals surface area contributed by atoms with Gasteiger partial charge < -0.3 is 14.8 Å². The van der Waals surface area contributed by atoms with Gasteiger partial charge in [0.15, 0.2) is 0 Å². The Labute approximate surface area is 194 Å². The number of sulfonamides is 1. The van der Waals surface area contributed by atoms with Gasteiger partial charge in [-0.05, 0) is 54.6 Å². The average molecular weight is 489 g/mol. The zero-order chi connectivity index (χ0) is 24.9. The number of methoxy groups -OCH3 is 2. The molecule has 3 rings (SSSR count). The fourth-order valence-corrected chi connectivity index (χ4v) is 4.45. The van der Waals surface area contributed by atoms with Gasteiger partial charge in [-0.2, -0.15) is 0 Å². The molecule has 1 amide bonds. The summed E-state index contributed by atoms with van der Waals surface area (Å²) >= 11 is 0. The van der Waals surface area contributed by atoms with Crippen molar-refractivity contribution in [1.82, 2.24) is 0 Å². The lowest BCUT2D eigenvalue weighted by Gasteiger charge is -2.24. The number of ether oxygens (including phenoxy) is 2. The first-order chi connectivity index (χ1) is 16.1. The predicted octanol–water partition coefficient (Wildman–Crippen LogP) is 3.59. The Kier molecular flexibility index (Phi) is 7.31. The fourth-order valence-electron chi connectivity index (χ4n) is 3.02. The molecule has 0 aliphatic rings. The second-order valence-corrected chi connectivity index (χ2v) is 8.72. The molecule has 0 saturated carbocycles. The van der Waals surface area contributed by atoms with Crippen LogP contribution in [0.15, 0.2) is 71.6 Å². The van der Waals surface area contributed by atoms with E-state index >= 15 is 0 Å². The zero-order valence-electron chi connectivity index (χ0n) is 18.1. The van der Waals surface area contributed by atoms with E-state index in [-0.39, 0.29) is 27.7 Å². The number of amides is 1. The highest BCUT2D eigenvalue weighted by Crippen LogP contribution is 2.30. The molecule has 3 aromatic rings. The molecular weight excluding hydrogens is 469 g/mol. The van der Waals surface area contributed by atoms with Crippen molar-refractivity contribution in [2.24, 2.45) is 0 Å². The van der Waals surface area contributed by atoms with Crippen molar-refractivity contribution in [3.05, 3.63) is 82.7 Å². The third-order valence-electron chi connectivity index (χ3n) is 4.72. The van der Waals surface area contributed by atoms with E-state index in [1.54, 1.807) is 0 Å². The van der Waals surface area contributed by atoms with Gasteiger partial charge in [-0.3, -0.25) is 19.2 Å². The first kappa shape index (κ1) is 24.5. The normalized spacial score (nSPS) is 10.9. The van der Waals surface area contributed by atoms with Crippen molar-refractivity contribution in [1.29, 1.82) is 0 Å². The van der Waals surface area contributed by atoms with Gasteiger partial charge in [-0.25, -0.2) is 12.8 Å². The monoisotopic (exact) mass is 489 g/mol. The lowest BCUT2D eigenvalue weighted by Crippen LogP contribution is -2.38. The lowest BCUT2D eigenvalue weighted by atomic mass is 10.2. The number of benzene rings is 3. The van der Waals surface area contributed by atoms with Crippen LogP contribution in [-0.2, 0) is 14.8 Å². The SMILES string of the molecule is COc1ccc(S(=O)(=O)N(CC(=O)Nc2cc([N+](=O)[O-])ccc2OC)c2ccc(F)cc2)cc1. The number of hydrogen-bond donors (Lipinski definition) is 1. The number of nitro benzene ring substituents is 1. The van der Waals surface area contributed by atoms with Gasteiger partial charge in [0, 0.05) is 12.1 Å². The Morgan fingerprint density at radius 1 is 1.03 bits per heavy atom. The number of halogens is 1. The summed E-state index contributed by atoms with van der Waals surface area (Å²) in [6, 6.07) is 13.7. The number of rotatable bonds is 9. The maximum atomic E-state index is 13.5. The smallest absolute Gasteiger partial charge is 0.271 e. The number of nitro groups is 1. The molecule has 3 aromatic carbocycles. The summed E-state index contributed by atoms with van der Waals surface area (Å²) in [7, 11) is -1.51. The molecule has 34 heavy (non-hydrogen) atoms. The van der Waals surface area contributed by atoms with Gasteiger partial charge in [0.2, 0.25) is 5.91 Å². The van der Waals surface area contributed by atoms with Crippen LogP contribution < -0.4 is 19.1 Å². The third-order valence-corrected chi connectivity index (χ3v) is 6.51. The van der Waals surface area contributed by atoms with E-state index in [1.165, 1.54) is 62.8 Å². The average Bonchev–Trinajstić information content (AvgIpc) is 2.83. The third kappa shape index (κ3) is 5.41.